The van der Waals surface area contributed by atoms with Crippen LogP contribution in [0.5, 0.6) is 0 Å². The summed E-state index contributed by atoms with van der Waals surface area (Å²) in [6, 6.07) is 16.8. The van der Waals surface area contributed by atoms with Gasteiger partial charge in [0.1, 0.15) is 0 Å². The Hall–Kier alpha value is -2.52. The third-order valence-corrected chi connectivity index (χ3v) is 5.33. The Balaban J connectivity index is 2.15. The molecule has 104 valence electrons. The van der Waals surface area contributed by atoms with Crippen molar-refractivity contribution in [3.63, 3.8) is 0 Å². The van der Waals surface area contributed by atoms with E-state index in [2.05, 4.69) is 49.4 Å². The fourth-order valence-corrected chi connectivity index (χ4v) is 4.37. The molecule has 0 aliphatic carbocycles. The summed E-state index contributed by atoms with van der Waals surface area (Å²) in [7, 11) is 0. The van der Waals surface area contributed by atoms with E-state index in [1.807, 2.05) is 12.3 Å². The summed E-state index contributed by atoms with van der Waals surface area (Å²) in [5.74, 6) is 0. The Kier molecular flexibility index (Phi) is 2.33. The van der Waals surface area contributed by atoms with Crippen LogP contribution in [-0.2, 0) is 0 Å². The second-order valence-electron chi connectivity index (χ2n) is 5.53. The summed E-state index contributed by atoms with van der Waals surface area (Å²) in [6.45, 7) is 2.09. The lowest BCUT2D eigenvalue weighted by atomic mass is 10.0. The molecule has 0 spiro atoms. The third kappa shape index (κ3) is 1.49. The van der Waals surface area contributed by atoms with Gasteiger partial charge in [0, 0.05) is 38.1 Å². The minimum atomic E-state index is 1.01. The van der Waals surface area contributed by atoms with Crippen molar-refractivity contribution in [2.24, 2.45) is 0 Å². The average molecular weight is 300 g/mol. The molecule has 5 aromatic rings. The van der Waals surface area contributed by atoms with Crippen LogP contribution in [-0.4, -0.2) is 9.97 Å². The highest BCUT2D eigenvalue weighted by Crippen LogP contribution is 2.39. The first-order chi connectivity index (χ1) is 10.8. The van der Waals surface area contributed by atoms with Crippen LogP contribution >= 0.6 is 11.3 Å². The molecule has 0 bridgehead atoms. The van der Waals surface area contributed by atoms with Crippen LogP contribution in [0.3, 0.4) is 0 Å². The van der Waals surface area contributed by atoms with Crippen LogP contribution < -0.4 is 0 Å². The zero-order chi connectivity index (χ0) is 14.7. The van der Waals surface area contributed by atoms with Crippen molar-refractivity contribution < 1.29 is 0 Å². The first kappa shape index (κ1) is 12.1. The summed E-state index contributed by atoms with van der Waals surface area (Å²) in [5, 5.41) is 4.91. The van der Waals surface area contributed by atoms with E-state index in [1.54, 1.807) is 11.3 Å². The first-order valence-electron chi connectivity index (χ1n) is 7.28. The zero-order valence-corrected chi connectivity index (χ0v) is 12.8. The maximum atomic E-state index is 4.80. The lowest BCUT2D eigenvalue weighted by Crippen LogP contribution is -1.90. The van der Waals surface area contributed by atoms with E-state index >= 15 is 0 Å². The van der Waals surface area contributed by atoms with Crippen LogP contribution in [0.15, 0.2) is 54.7 Å². The van der Waals surface area contributed by atoms with Gasteiger partial charge in [0.05, 0.1) is 15.7 Å². The Morgan fingerprint density at radius 3 is 2.50 bits per heavy atom. The number of thiophene rings is 1. The number of aryl methyl sites for hydroxylation is 1. The second-order valence-corrected chi connectivity index (χ2v) is 6.62. The van der Waals surface area contributed by atoms with E-state index in [1.165, 1.54) is 25.6 Å². The Morgan fingerprint density at radius 1 is 0.818 bits per heavy atom. The summed E-state index contributed by atoms with van der Waals surface area (Å²) in [4.78, 5) is 9.57. The van der Waals surface area contributed by atoms with Crippen LogP contribution in [0.25, 0.3) is 42.0 Å². The molecule has 0 aliphatic heterocycles. The lowest BCUT2D eigenvalue weighted by Gasteiger charge is -2.07. The molecule has 5 rings (SSSR count). The molecule has 0 atom stereocenters. The fourth-order valence-electron chi connectivity index (χ4n) is 3.28. The van der Waals surface area contributed by atoms with Crippen molar-refractivity contribution >= 4 is 53.3 Å². The molecular weight excluding hydrogens is 288 g/mol. The van der Waals surface area contributed by atoms with Gasteiger partial charge in [-0.25, -0.2) is 0 Å². The largest absolute Gasteiger partial charge is 0.254 e. The second kappa shape index (κ2) is 4.24. The number of hydrogen-bond acceptors (Lipinski definition) is 3. The van der Waals surface area contributed by atoms with Gasteiger partial charge in [0.2, 0.25) is 0 Å². The van der Waals surface area contributed by atoms with Crippen molar-refractivity contribution in [3.8, 4) is 0 Å². The smallest absolute Gasteiger partial charge is 0.0821 e. The Morgan fingerprint density at radius 2 is 1.59 bits per heavy atom. The molecule has 0 radical (unpaired) electrons. The van der Waals surface area contributed by atoms with Crippen molar-refractivity contribution in [1.29, 1.82) is 0 Å². The minimum Gasteiger partial charge on any atom is -0.254 e. The number of hydrogen-bond donors (Lipinski definition) is 0. The highest BCUT2D eigenvalue weighted by molar-refractivity contribution is 7.26. The third-order valence-electron chi connectivity index (χ3n) is 4.23. The van der Waals surface area contributed by atoms with Crippen molar-refractivity contribution in [3.05, 3.63) is 60.4 Å². The average Bonchev–Trinajstić information content (AvgIpc) is 2.93. The molecule has 3 heterocycles. The molecule has 2 aromatic carbocycles. The van der Waals surface area contributed by atoms with Crippen LogP contribution in [0.1, 0.15) is 5.69 Å². The van der Waals surface area contributed by atoms with E-state index in [9.17, 15) is 0 Å². The molecule has 0 aliphatic rings. The van der Waals surface area contributed by atoms with Crippen molar-refractivity contribution in [2.75, 3.05) is 0 Å². The molecule has 22 heavy (non-hydrogen) atoms. The maximum absolute atomic E-state index is 4.80. The summed E-state index contributed by atoms with van der Waals surface area (Å²) in [5.41, 5.74) is 3.12. The van der Waals surface area contributed by atoms with Gasteiger partial charge < -0.3 is 0 Å². The van der Waals surface area contributed by atoms with Gasteiger partial charge >= 0.3 is 0 Å². The predicted molar refractivity (Wildman–Crippen MR) is 94.7 cm³/mol. The van der Waals surface area contributed by atoms with Gasteiger partial charge in [0.25, 0.3) is 0 Å². The number of nitrogens with zero attached hydrogens (tertiary/aromatic N) is 2. The van der Waals surface area contributed by atoms with Crippen molar-refractivity contribution in [1.82, 2.24) is 9.97 Å². The molecule has 3 aromatic heterocycles. The van der Waals surface area contributed by atoms with E-state index < -0.39 is 0 Å². The predicted octanol–water partition coefficient (Wildman–Crippen LogP) is 5.46. The highest BCUT2D eigenvalue weighted by atomic mass is 32.1. The molecule has 0 fully saturated rings. The standard InChI is InChI=1S/C19H12N2S/c1-11-17-18-13-7-3-5-9-15(13)22-16(18)10-20-19(17)12-6-2-4-8-14(12)21-11/h2-10H,1H3. The van der Waals surface area contributed by atoms with Gasteiger partial charge in [-0.1, -0.05) is 36.4 Å². The molecular formula is C19H12N2S. The molecule has 2 nitrogen and oxygen atoms in total. The monoisotopic (exact) mass is 300 g/mol. The van der Waals surface area contributed by atoms with E-state index in [0.717, 1.165) is 22.1 Å². The maximum Gasteiger partial charge on any atom is 0.0821 e. The number of para-hydroxylation sites is 1. The normalized spacial score (nSPS) is 11.9. The Labute approximate surface area is 131 Å². The zero-order valence-electron chi connectivity index (χ0n) is 12.0. The van der Waals surface area contributed by atoms with Crippen LogP contribution in [0.2, 0.25) is 0 Å². The van der Waals surface area contributed by atoms with Crippen molar-refractivity contribution in [2.45, 2.75) is 6.92 Å². The highest BCUT2D eigenvalue weighted by Gasteiger charge is 2.14. The van der Waals surface area contributed by atoms with E-state index in [4.69, 9.17) is 9.97 Å². The summed E-state index contributed by atoms with van der Waals surface area (Å²) in [6.07, 6.45) is 2.01. The van der Waals surface area contributed by atoms with Crippen LogP contribution in [0.4, 0.5) is 0 Å². The fraction of sp³-hybridized carbons (Fsp3) is 0.0526. The molecule has 0 saturated carbocycles. The summed E-state index contributed by atoms with van der Waals surface area (Å²) < 4.78 is 2.54. The van der Waals surface area contributed by atoms with E-state index in [-0.39, 0.29) is 0 Å². The van der Waals surface area contributed by atoms with Gasteiger partial charge in [-0.2, -0.15) is 0 Å². The molecule has 0 unspecified atom stereocenters. The first-order valence-corrected chi connectivity index (χ1v) is 8.10. The number of rotatable bonds is 0. The topological polar surface area (TPSA) is 25.8 Å². The lowest BCUT2D eigenvalue weighted by molar-refractivity contribution is 1.28. The van der Waals surface area contributed by atoms with Gasteiger partial charge in [-0.05, 0) is 19.1 Å². The SMILES string of the molecule is Cc1nc2ccccc2c2ncc3sc4ccccc4c3c12. The molecule has 0 saturated heterocycles. The number of benzene rings is 2. The van der Waals surface area contributed by atoms with Gasteiger partial charge in [-0.15, -0.1) is 11.3 Å². The van der Waals surface area contributed by atoms with Gasteiger partial charge in [0.15, 0.2) is 0 Å². The number of fused-ring (bicyclic) bond motifs is 7. The van der Waals surface area contributed by atoms with E-state index in [0.29, 0.717) is 0 Å². The quantitative estimate of drug-likeness (QED) is 0.355. The Bertz CT molecular complexity index is 1190. The number of aromatic nitrogens is 2. The molecule has 0 amide bonds. The minimum absolute atomic E-state index is 1.01. The number of pyridine rings is 2. The summed E-state index contributed by atoms with van der Waals surface area (Å²) >= 11 is 1.80. The molecule has 3 heteroatoms. The van der Waals surface area contributed by atoms with Gasteiger partial charge in [-0.3, -0.25) is 9.97 Å². The molecule has 0 N–H and O–H groups in total. The van der Waals surface area contributed by atoms with Crippen LogP contribution in [0, 0.1) is 6.92 Å².